The molecule has 1 heteroatoms. The highest BCUT2D eigenvalue weighted by Crippen LogP contribution is 2.65. The van der Waals surface area contributed by atoms with Crippen molar-refractivity contribution in [1.29, 1.82) is 0 Å². The Morgan fingerprint density at radius 1 is 1.15 bits per heavy atom. The zero-order valence-corrected chi connectivity index (χ0v) is 9.39. The number of hydrogen-bond donors (Lipinski definition) is 0. The Morgan fingerprint density at radius 3 is 3.00 bits per heavy atom. The molecule has 0 nitrogen and oxygen atoms in total. The first kappa shape index (κ1) is 7.50. The van der Waals surface area contributed by atoms with E-state index in [1.54, 1.807) is 12.8 Å². The van der Waals surface area contributed by atoms with Gasteiger partial charge in [-0.1, -0.05) is 27.1 Å². The van der Waals surface area contributed by atoms with Crippen LogP contribution in [0.15, 0.2) is 11.1 Å². The molecule has 4 aliphatic carbocycles. The van der Waals surface area contributed by atoms with Gasteiger partial charge in [-0.3, -0.25) is 0 Å². The van der Waals surface area contributed by atoms with E-state index in [-0.39, 0.29) is 0 Å². The van der Waals surface area contributed by atoms with Gasteiger partial charge in [-0.15, -0.1) is 0 Å². The van der Waals surface area contributed by atoms with E-state index in [0.29, 0.717) is 0 Å². The zero-order chi connectivity index (χ0) is 8.58. The lowest BCUT2D eigenvalue weighted by molar-refractivity contribution is 0.306. The minimum absolute atomic E-state index is 0.843. The van der Waals surface area contributed by atoms with Gasteiger partial charge >= 0.3 is 0 Å². The van der Waals surface area contributed by atoms with Gasteiger partial charge in [0.25, 0.3) is 0 Å². The van der Waals surface area contributed by atoms with E-state index < -0.39 is 0 Å². The fraction of sp³-hybridized carbons (Fsp3) is 0.833. The molecule has 3 fully saturated rings. The summed E-state index contributed by atoms with van der Waals surface area (Å²) >= 11 is 3.87. The van der Waals surface area contributed by atoms with Crippen molar-refractivity contribution < 1.29 is 0 Å². The van der Waals surface area contributed by atoms with Crippen LogP contribution in [0.3, 0.4) is 0 Å². The van der Waals surface area contributed by atoms with Crippen LogP contribution in [0.25, 0.3) is 0 Å². The Labute approximate surface area is 87.9 Å². The van der Waals surface area contributed by atoms with Gasteiger partial charge in [-0.2, -0.15) is 0 Å². The summed E-state index contributed by atoms with van der Waals surface area (Å²) in [5.41, 5.74) is 3.85. The predicted octanol–water partition coefficient (Wildman–Crippen LogP) is 3.52. The molecule has 0 aromatic heterocycles. The molecule has 0 saturated heterocycles. The van der Waals surface area contributed by atoms with E-state index in [4.69, 9.17) is 0 Å². The average molecular weight is 239 g/mol. The molecular weight excluding hydrogens is 224 g/mol. The van der Waals surface area contributed by atoms with Crippen LogP contribution in [0.1, 0.15) is 32.1 Å². The number of alkyl halides is 1. The maximum atomic E-state index is 3.87. The second-order valence-corrected chi connectivity index (χ2v) is 6.62. The second-order valence-electron chi connectivity index (χ2n) is 5.44. The predicted molar refractivity (Wildman–Crippen MR) is 56.8 cm³/mol. The number of fused-ring (bicyclic) bond motifs is 8. The Kier molecular flexibility index (Phi) is 1.29. The number of allylic oxidation sites excluding steroid dienone is 2. The van der Waals surface area contributed by atoms with E-state index in [1.165, 1.54) is 19.3 Å². The van der Waals surface area contributed by atoms with Crippen molar-refractivity contribution in [3.05, 3.63) is 11.1 Å². The van der Waals surface area contributed by atoms with Crippen molar-refractivity contribution in [1.82, 2.24) is 0 Å². The highest BCUT2D eigenvalue weighted by atomic mass is 79.9. The summed E-state index contributed by atoms with van der Waals surface area (Å²) in [6, 6.07) is 0. The number of halogens is 1. The molecule has 13 heavy (non-hydrogen) atoms. The Morgan fingerprint density at radius 2 is 2.08 bits per heavy atom. The summed E-state index contributed by atoms with van der Waals surface area (Å²) in [5.74, 6) is 4.21. The van der Waals surface area contributed by atoms with Crippen molar-refractivity contribution in [3.8, 4) is 0 Å². The quantitative estimate of drug-likeness (QED) is 0.448. The average Bonchev–Trinajstić information content (AvgIpc) is 2.78. The van der Waals surface area contributed by atoms with Crippen molar-refractivity contribution in [2.75, 3.05) is 0 Å². The smallest absolute Gasteiger partial charge is 0.0220 e. The molecule has 0 aromatic carbocycles. The number of hydrogen-bond acceptors (Lipinski definition) is 0. The first-order valence-electron chi connectivity index (χ1n) is 5.70. The summed E-state index contributed by atoms with van der Waals surface area (Å²) in [6.45, 7) is 0. The summed E-state index contributed by atoms with van der Waals surface area (Å²) < 4.78 is 0. The van der Waals surface area contributed by atoms with Crippen LogP contribution in [0.2, 0.25) is 0 Å². The van der Waals surface area contributed by atoms with Gasteiger partial charge < -0.3 is 0 Å². The molecule has 5 atom stereocenters. The van der Waals surface area contributed by atoms with Crippen LogP contribution in [-0.2, 0) is 0 Å². The van der Waals surface area contributed by atoms with Crippen LogP contribution in [0.4, 0.5) is 0 Å². The third-order valence-electron chi connectivity index (χ3n) is 5.04. The summed E-state index contributed by atoms with van der Waals surface area (Å²) in [6.07, 6.45) is 7.48. The van der Waals surface area contributed by atoms with Crippen LogP contribution < -0.4 is 0 Å². The lowest BCUT2D eigenvalue weighted by Crippen LogP contribution is -2.25. The monoisotopic (exact) mass is 238 g/mol. The van der Waals surface area contributed by atoms with Crippen LogP contribution in [0.5, 0.6) is 0 Å². The van der Waals surface area contributed by atoms with E-state index in [0.717, 1.165) is 28.5 Å². The van der Waals surface area contributed by atoms with Gasteiger partial charge in [0.05, 0.1) is 0 Å². The number of rotatable bonds is 0. The largest absolute Gasteiger partial charge is 0.0884 e. The van der Waals surface area contributed by atoms with Gasteiger partial charge in [0.15, 0.2) is 0 Å². The van der Waals surface area contributed by atoms with Crippen molar-refractivity contribution >= 4 is 15.9 Å². The second kappa shape index (κ2) is 2.24. The minimum Gasteiger partial charge on any atom is -0.0884 e. The van der Waals surface area contributed by atoms with E-state index >= 15 is 0 Å². The van der Waals surface area contributed by atoms with Gasteiger partial charge in [-0.25, -0.2) is 0 Å². The fourth-order valence-corrected chi connectivity index (χ4v) is 5.63. The Balaban J connectivity index is 1.86. The molecule has 0 radical (unpaired) electrons. The third-order valence-corrected chi connectivity index (χ3v) is 6.04. The van der Waals surface area contributed by atoms with E-state index in [1.807, 2.05) is 11.1 Å². The van der Waals surface area contributed by atoms with E-state index in [9.17, 15) is 0 Å². The van der Waals surface area contributed by atoms with Crippen molar-refractivity contribution in [2.45, 2.75) is 36.9 Å². The van der Waals surface area contributed by atoms with E-state index in [2.05, 4.69) is 15.9 Å². The normalized spacial score (nSPS) is 56.5. The SMILES string of the molecule is BrC1CC2=C3C4CCC(C4)C3C1C2. The van der Waals surface area contributed by atoms with Crippen molar-refractivity contribution in [2.24, 2.45) is 23.7 Å². The molecule has 0 heterocycles. The Bertz CT molecular complexity index is 304. The maximum Gasteiger partial charge on any atom is 0.0220 e. The van der Waals surface area contributed by atoms with Gasteiger partial charge in [-0.05, 0) is 55.8 Å². The zero-order valence-electron chi connectivity index (χ0n) is 7.80. The molecular formula is C12H15Br. The topological polar surface area (TPSA) is 0 Å². The lowest BCUT2D eigenvalue weighted by Gasteiger charge is -2.31. The maximum absolute atomic E-state index is 3.87. The van der Waals surface area contributed by atoms with Crippen LogP contribution >= 0.6 is 15.9 Å². The molecule has 4 aliphatic rings. The first-order valence-corrected chi connectivity index (χ1v) is 6.62. The van der Waals surface area contributed by atoms with Gasteiger partial charge in [0.1, 0.15) is 0 Å². The third kappa shape index (κ3) is 0.751. The molecule has 70 valence electrons. The van der Waals surface area contributed by atoms with Crippen LogP contribution in [0, 0.1) is 23.7 Å². The molecule has 5 unspecified atom stereocenters. The highest BCUT2D eigenvalue weighted by Gasteiger charge is 2.55. The van der Waals surface area contributed by atoms with Crippen LogP contribution in [-0.4, -0.2) is 4.83 Å². The molecule has 0 N–H and O–H groups in total. The molecule has 0 spiro atoms. The van der Waals surface area contributed by atoms with Gasteiger partial charge in [0.2, 0.25) is 0 Å². The summed E-state index contributed by atoms with van der Waals surface area (Å²) in [4.78, 5) is 0.843. The molecule has 0 amide bonds. The first-order chi connectivity index (χ1) is 6.34. The fourth-order valence-electron chi connectivity index (χ4n) is 4.73. The van der Waals surface area contributed by atoms with Gasteiger partial charge in [0, 0.05) is 4.83 Å². The molecule has 4 rings (SSSR count). The lowest BCUT2D eigenvalue weighted by atomic mass is 9.77. The summed E-state index contributed by atoms with van der Waals surface area (Å²) in [5, 5.41) is 0. The standard InChI is InChI=1S/C12H15Br/c13-10-5-8-4-9(10)12-7-2-1-6(3-7)11(8)12/h6-7,9-10,12H,1-5H2. The van der Waals surface area contributed by atoms with Crippen molar-refractivity contribution in [3.63, 3.8) is 0 Å². The highest BCUT2D eigenvalue weighted by molar-refractivity contribution is 9.09. The Hall–Kier alpha value is 0.220. The summed E-state index contributed by atoms with van der Waals surface area (Å²) in [7, 11) is 0. The molecule has 4 bridgehead atoms. The minimum atomic E-state index is 0.843. The molecule has 0 aliphatic heterocycles. The molecule has 0 aromatic rings. The molecule has 3 saturated carbocycles.